The van der Waals surface area contributed by atoms with Crippen LogP contribution >= 0.6 is 11.8 Å². The molecule has 0 aliphatic rings. The van der Waals surface area contributed by atoms with E-state index in [-0.39, 0.29) is 0 Å². The summed E-state index contributed by atoms with van der Waals surface area (Å²) >= 11 is 1.69. The van der Waals surface area contributed by atoms with Crippen molar-refractivity contribution in [2.24, 2.45) is 5.92 Å². The molecule has 0 amide bonds. The van der Waals surface area contributed by atoms with Crippen molar-refractivity contribution in [3.63, 3.8) is 0 Å². The van der Waals surface area contributed by atoms with Gasteiger partial charge in [-0.05, 0) is 36.2 Å². The number of hydrogen-bond donors (Lipinski definition) is 1. The Morgan fingerprint density at radius 2 is 2.26 bits per heavy atom. The van der Waals surface area contributed by atoms with Gasteiger partial charge in [-0.1, -0.05) is 25.6 Å². The van der Waals surface area contributed by atoms with Crippen LogP contribution in [-0.4, -0.2) is 52.3 Å². The van der Waals surface area contributed by atoms with Gasteiger partial charge in [0.05, 0.1) is 6.54 Å². The van der Waals surface area contributed by atoms with Crippen molar-refractivity contribution in [1.29, 1.82) is 0 Å². The third kappa shape index (κ3) is 7.49. The third-order valence-corrected chi connectivity index (χ3v) is 3.46. The highest BCUT2D eigenvalue weighted by atomic mass is 32.2. The topological polar surface area (TPSA) is 64.9 Å². The highest BCUT2D eigenvalue weighted by Gasteiger charge is 2.06. The minimum Gasteiger partial charge on any atom is -0.382 e. The van der Waals surface area contributed by atoms with E-state index < -0.39 is 0 Å². The van der Waals surface area contributed by atoms with E-state index >= 15 is 0 Å². The van der Waals surface area contributed by atoms with Gasteiger partial charge in [0.2, 0.25) is 5.16 Å². The van der Waals surface area contributed by atoms with Crippen LogP contribution in [-0.2, 0) is 11.3 Å². The predicted octanol–water partition coefficient (Wildman–Crippen LogP) is 1.44. The van der Waals surface area contributed by atoms with Crippen LogP contribution in [0.2, 0.25) is 0 Å². The van der Waals surface area contributed by atoms with Gasteiger partial charge in [0.15, 0.2) is 0 Å². The second-order valence-electron chi connectivity index (χ2n) is 4.68. The van der Waals surface area contributed by atoms with E-state index in [4.69, 9.17) is 4.74 Å². The molecule has 0 unspecified atom stereocenters. The standard InChI is InChI=1S/C12H25N5OS/c1-4-18-8-5-9-19-12-14-15-16-17(12)7-6-13-10-11(2)3/h11,13H,4-10H2,1-3H3. The van der Waals surface area contributed by atoms with Crippen LogP contribution in [0.1, 0.15) is 27.2 Å². The maximum atomic E-state index is 5.30. The highest BCUT2D eigenvalue weighted by molar-refractivity contribution is 7.99. The molecule has 0 fully saturated rings. The summed E-state index contributed by atoms with van der Waals surface area (Å²) in [6.07, 6.45) is 1.02. The van der Waals surface area contributed by atoms with Crippen molar-refractivity contribution in [3.05, 3.63) is 0 Å². The summed E-state index contributed by atoms with van der Waals surface area (Å²) in [5.41, 5.74) is 0. The molecular weight excluding hydrogens is 262 g/mol. The predicted molar refractivity (Wildman–Crippen MR) is 77.4 cm³/mol. The normalized spacial score (nSPS) is 11.4. The summed E-state index contributed by atoms with van der Waals surface area (Å²) < 4.78 is 7.16. The molecular formula is C12H25N5OS. The lowest BCUT2D eigenvalue weighted by Crippen LogP contribution is -2.24. The fourth-order valence-corrected chi connectivity index (χ4v) is 2.30. The Balaban J connectivity index is 2.18. The Hall–Kier alpha value is -0.660. The van der Waals surface area contributed by atoms with Gasteiger partial charge in [0.25, 0.3) is 0 Å². The highest BCUT2D eigenvalue weighted by Crippen LogP contribution is 2.14. The van der Waals surface area contributed by atoms with Gasteiger partial charge in [-0.15, -0.1) is 5.10 Å². The van der Waals surface area contributed by atoms with Gasteiger partial charge in [-0.3, -0.25) is 0 Å². The van der Waals surface area contributed by atoms with Crippen molar-refractivity contribution < 1.29 is 4.74 Å². The molecule has 6 nitrogen and oxygen atoms in total. The summed E-state index contributed by atoms with van der Waals surface area (Å²) in [5.74, 6) is 1.65. The van der Waals surface area contributed by atoms with Crippen LogP contribution in [0.25, 0.3) is 0 Å². The van der Waals surface area contributed by atoms with Crippen LogP contribution in [0.15, 0.2) is 5.16 Å². The van der Waals surface area contributed by atoms with Crippen LogP contribution in [0.4, 0.5) is 0 Å². The molecule has 19 heavy (non-hydrogen) atoms. The van der Waals surface area contributed by atoms with Crippen LogP contribution in [0.3, 0.4) is 0 Å². The van der Waals surface area contributed by atoms with Crippen LogP contribution in [0, 0.1) is 5.92 Å². The van der Waals surface area contributed by atoms with Gasteiger partial charge in [0, 0.05) is 25.5 Å². The lowest BCUT2D eigenvalue weighted by molar-refractivity contribution is 0.149. The SMILES string of the molecule is CCOCCCSc1nnnn1CCNCC(C)C. The van der Waals surface area contributed by atoms with Gasteiger partial charge < -0.3 is 10.1 Å². The Bertz CT molecular complexity index is 332. The van der Waals surface area contributed by atoms with Gasteiger partial charge >= 0.3 is 0 Å². The second kappa shape index (κ2) is 10.2. The maximum absolute atomic E-state index is 5.30. The van der Waals surface area contributed by atoms with Gasteiger partial charge in [-0.2, -0.15) is 0 Å². The number of nitrogens with one attached hydrogen (secondary N) is 1. The van der Waals surface area contributed by atoms with Crippen molar-refractivity contribution in [2.75, 3.05) is 32.1 Å². The fourth-order valence-electron chi connectivity index (χ4n) is 1.48. The van der Waals surface area contributed by atoms with Crippen molar-refractivity contribution >= 4 is 11.8 Å². The number of tetrazole rings is 1. The molecule has 0 aromatic carbocycles. The van der Waals surface area contributed by atoms with E-state index in [1.54, 1.807) is 11.8 Å². The number of hydrogen-bond acceptors (Lipinski definition) is 6. The Labute approximate surface area is 119 Å². The van der Waals surface area contributed by atoms with E-state index in [0.29, 0.717) is 5.92 Å². The molecule has 1 N–H and O–H groups in total. The summed E-state index contributed by atoms with van der Waals surface area (Å²) in [6.45, 7) is 10.7. The number of ether oxygens (including phenoxy) is 1. The molecule has 0 radical (unpaired) electrons. The molecule has 110 valence electrons. The zero-order valence-electron chi connectivity index (χ0n) is 12.1. The smallest absolute Gasteiger partial charge is 0.209 e. The lowest BCUT2D eigenvalue weighted by Gasteiger charge is -2.08. The molecule has 1 aromatic rings. The molecule has 1 heterocycles. The molecule has 0 spiro atoms. The van der Waals surface area contributed by atoms with E-state index in [9.17, 15) is 0 Å². The first-order valence-electron chi connectivity index (χ1n) is 6.91. The molecule has 7 heteroatoms. The molecule has 0 bridgehead atoms. The molecule has 0 aliphatic carbocycles. The minimum absolute atomic E-state index is 0.668. The zero-order chi connectivity index (χ0) is 13.9. The average molecular weight is 287 g/mol. The number of aromatic nitrogens is 4. The van der Waals surface area contributed by atoms with E-state index in [1.807, 2.05) is 11.6 Å². The number of nitrogens with zero attached hydrogens (tertiary/aromatic N) is 4. The average Bonchev–Trinajstić information content (AvgIpc) is 2.82. The third-order valence-electron chi connectivity index (χ3n) is 2.42. The quantitative estimate of drug-likeness (QED) is 0.491. The van der Waals surface area contributed by atoms with Gasteiger partial charge in [-0.25, -0.2) is 4.68 Å². The van der Waals surface area contributed by atoms with Crippen molar-refractivity contribution in [1.82, 2.24) is 25.5 Å². The Morgan fingerprint density at radius 3 is 3.00 bits per heavy atom. The largest absolute Gasteiger partial charge is 0.382 e. The number of thioether (sulfide) groups is 1. The van der Waals surface area contributed by atoms with E-state index in [2.05, 4.69) is 34.7 Å². The molecule has 0 atom stereocenters. The first-order valence-corrected chi connectivity index (χ1v) is 7.90. The summed E-state index contributed by atoms with van der Waals surface area (Å²) in [4.78, 5) is 0. The van der Waals surface area contributed by atoms with E-state index in [1.165, 1.54) is 0 Å². The van der Waals surface area contributed by atoms with E-state index in [0.717, 1.165) is 50.2 Å². The number of rotatable bonds is 11. The molecule has 0 saturated heterocycles. The first kappa shape index (κ1) is 16.4. The monoisotopic (exact) mass is 287 g/mol. The fraction of sp³-hybridized carbons (Fsp3) is 0.917. The molecule has 0 saturated carbocycles. The second-order valence-corrected chi connectivity index (χ2v) is 5.74. The summed E-state index contributed by atoms with van der Waals surface area (Å²) in [6, 6.07) is 0. The maximum Gasteiger partial charge on any atom is 0.209 e. The summed E-state index contributed by atoms with van der Waals surface area (Å²) in [5, 5.41) is 16.1. The molecule has 1 rings (SSSR count). The molecule has 0 aliphatic heterocycles. The molecule has 1 aromatic heterocycles. The minimum atomic E-state index is 0.668. The summed E-state index contributed by atoms with van der Waals surface area (Å²) in [7, 11) is 0. The van der Waals surface area contributed by atoms with Crippen molar-refractivity contribution in [3.8, 4) is 0 Å². The Morgan fingerprint density at radius 1 is 1.42 bits per heavy atom. The first-order chi connectivity index (χ1) is 9.24. The lowest BCUT2D eigenvalue weighted by atomic mass is 10.2. The Kier molecular flexibility index (Phi) is 8.77. The zero-order valence-corrected chi connectivity index (χ0v) is 12.9. The van der Waals surface area contributed by atoms with Gasteiger partial charge in [0.1, 0.15) is 0 Å². The van der Waals surface area contributed by atoms with Crippen molar-refractivity contribution in [2.45, 2.75) is 38.9 Å². The van der Waals surface area contributed by atoms with Crippen LogP contribution in [0.5, 0.6) is 0 Å². The van der Waals surface area contributed by atoms with Crippen LogP contribution < -0.4 is 5.32 Å².